The molecule has 3 atom stereocenters. The number of esters is 2. The van der Waals surface area contributed by atoms with Crippen LogP contribution in [0.3, 0.4) is 0 Å². The number of carbonyl (C=O) groups excluding carboxylic acids is 5. The number of amides is 3. The first-order valence-electron chi connectivity index (χ1n) is 22.5. The van der Waals surface area contributed by atoms with Crippen LogP contribution in [0.5, 0.6) is 0 Å². The second-order valence-electron chi connectivity index (χ2n) is 17.6. The van der Waals surface area contributed by atoms with Crippen molar-refractivity contribution < 1.29 is 58.0 Å². The van der Waals surface area contributed by atoms with Gasteiger partial charge in [-0.15, -0.1) is 34.0 Å². The smallest absolute Gasteiger partial charge is 0.408 e. The highest BCUT2D eigenvalue weighted by molar-refractivity contribution is 7.13. The molecule has 384 valence electrons. The average molecular weight is 1110 g/mol. The van der Waals surface area contributed by atoms with Crippen LogP contribution in [0.15, 0.2) is 88.9 Å². The van der Waals surface area contributed by atoms with E-state index in [1.54, 1.807) is 70.7 Å². The van der Waals surface area contributed by atoms with Crippen molar-refractivity contribution >= 4 is 111 Å². The zero-order valence-electron chi connectivity index (χ0n) is 40.0. The second-order valence-corrected chi connectivity index (χ2v) is 21.6. The zero-order chi connectivity index (χ0) is 53.1. The lowest BCUT2D eigenvalue weighted by molar-refractivity contribution is 0.0501. The Labute approximate surface area is 447 Å². The summed E-state index contributed by atoms with van der Waals surface area (Å²) in [5.74, 6) is -2.98. The Bertz CT molecular complexity index is 3030. The van der Waals surface area contributed by atoms with Gasteiger partial charge in [0.2, 0.25) is 0 Å². The van der Waals surface area contributed by atoms with Crippen molar-refractivity contribution in [3.05, 3.63) is 169 Å². The maximum absolute atomic E-state index is 12.2. The summed E-state index contributed by atoms with van der Waals surface area (Å²) in [4.78, 5) is 82.1. The van der Waals surface area contributed by atoms with Crippen molar-refractivity contribution in [1.29, 1.82) is 0 Å². The Hall–Kier alpha value is -6.28. The van der Waals surface area contributed by atoms with Crippen LogP contribution < -0.4 is 16.0 Å². The van der Waals surface area contributed by atoms with E-state index in [1.807, 2.05) is 39.0 Å². The predicted octanol–water partition coefficient (Wildman–Crippen LogP) is 12.2. The summed E-state index contributed by atoms with van der Waals surface area (Å²) < 4.78 is 14.7. The van der Waals surface area contributed by atoms with Gasteiger partial charge in [-0.2, -0.15) is 0 Å². The van der Waals surface area contributed by atoms with E-state index in [1.165, 1.54) is 36.9 Å². The third-order valence-electron chi connectivity index (χ3n) is 11.5. The molecule has 0 aliphatic heterocycles. The number of aromatic carboxylic acids is 2. The molecule has 3 unspecified atom stereocenters. The minimum Gasteiger partial charge on any atom is -0.478 e. The topological polar surface area (TPSA) is 224 Å². The molecule has 0 fully saturated rings. The minimum atomic E-state index is -0.963. The SMILES string of the molecule is COC(=O)c1ccc2c(c1)C(NC(=O)OC(C)(C)C)CC2.COC(=O)c1ccc2c(c1)C(NC(=O)c1cc(Cl)cs1)CC2.O=C(O)c1ccc2c(c1)C(NC(=O)c1cc(Cl)cs1)CC2.O=C(O)c1sccc1Cl. The first-order chi connectivity index (χ1) is 34.6. The number of halogens is 3. The normalized spacial score (nSPS) is 15.7. The van der Waals surface area contributed by atoms with Crippen LogP contribution in [0, 0.1) is 0 Å². The number of hydrogen-bond acceptors (Lipinski definition) is 13. The van der Waals surface area contributed by atoms with E-state index in [-0.39, 0.29) is 52.3 Å². The Kier molecular flexibility index (Phi) is 19.3. The van der Waals surface area contributed by atoms with E-state index < -0.39 is 23.6 Å². The van der Waals surface area contributed by atoms with Gasteiger partial charge in [-0.05, 0) is 153 Å². The number of benzene rings is 3. The molecule has 6 aromatic rings. The lowest BCUT2D eigenvalue weighted by atomic mass is 10.0. The highest BCUT2D eigenvalue weighted by atomic mass is 35.5. The number of rotatable bonds is 9. The number of hydrogen-bond donors (Lipinski definition) is 5. The van der Waals surface area contributed by atoms with E-state index in [2.05, 4.69) is 16.0 Å². The fourth-order valence-electron chi connectivity index (χ4n) is 8.10. The van der Waals surface area contributed by atoms with Crippen molar-refractivity contribution in [2.24, 2.45) is 0 Å². The monoisotopic (exact) mass is 1110 g/mol. The molecule has 3 amide bonds. The number of fused-ring (bicyclic) bond motifs is 3. The van der Waals surface area contributed by atoms with Crippen molar-refractivity contribution in [1.82, 2.24) is 16.0 Å². The molecule has 3 aliphatic rings. The summed E-state index contributed by atoms with van der Waals surface area (Å²) in [6, 6.07) is 20.5. The van der Waals surface area contributed by atoms with Crippen molar-refractivity contribution in [3.8, 4) is 0 Å². The highest BCUT2D eigenvalue weighted by Gasteiger charge is 2.29. The number of carbonyl (C=O) groups is 7. The molecule has 0 spiro atoms. The van der Waals surface area contributed by atoms with Crippen molar-refractivity contribution in [2.75, 3.05) is 14.2 Å². The molecule has 3 heterocycles. The summed E-state index contributed by atoms with van der Waals surface area (Å²) in [6.07, 6.45) is 4.56. The van der Waals surface area contributed by atoms with Gasteiger partial charge in [0.15, 0.2) is 0 Å². The van der Waals surface area contributed by atoms with Gasteiger partial charge in [0, 0.05) is 10.8 Å². The summed E-state index contributed by atoms with van der Waals surface area (Å²) >= 11 is 20.9. The molecule has 73 heavy (non-hydrogen) atoms. The van der Waals surface area contributed by atoms with Crippen LogP contribution in [0.2, 0.25) is 15.1 Å². The Morgan fingerprint density at radius 2 is 0.973 bits per heavy atom. The standard InChI is InChI=1S/C16H14ClNO3S.C16H21NO4.C15H12ClNO3S.C5H3ClO2S/c1-21-16(20)10-3-2-9-4-5-13(12(9)6-10)18-15(19)14-7-11(17)8-22-14;1-16(2,3)21-15(19)17-13-8-7-10-5-6-11(9-12(10)13)14(18)20-4;16-10-6-13(21-7-10)14(18)17-12-4-3-8-1-2-9(15(19)20)5-11(8)12;6-3-1-2-9-4(3)5(7)8/h2-3,6-8,13H,4-5H2,1H3,(H,18,19);5-6,9,13H,7-8H2,1-4H3,(H,17,19);1-2,5-7,12H,3-4H2,(H,17,18)(H,19,20);1-2H,(H,7,8). The molecule has 5 N–H and O–H groups in total. The molecule has 9 rings (SSSR count). The summed E-state index contributed by atoms with van der Waals surface area (Å²) in [7, 11) is 2.71. The fourth-order valence-corrected chi connectivity index (χ4v) is 11.0. The van der Waals surface area contributed by atoms with Crippen LogP contribution in [0.1, 0.15) is 152 Å². The minimum absolute atomic E-state index is 0.0898. The molecule has 3 aromatic carbocycles. The van der Waals surface area contributed by atoms with Gasteiger partial charge >= 0.3 is 30.0 Å². The average Bonchev–Trinajstić information content (AvgIpc) is 4.24. The van der Waals surface area contributed by atoms with E-state index in [9.17, 15) is 33.6 Å². The number of methoxy groups -OCH3 is 2. The van der Waals surface area contributed by atoms with Crippen molar-refractivity contribution in [2.45, 2.75) is 83.0 Å². The zero-order valence-corrected chi connectivity index (χ0v) is 44.7. The van der Waals surface area contributed by atoms with E-state index in [0.717, 1.165) is 83.2 Å². The van der Waals surface area contributed by atoms with Crippen molar-refractivity contribution in [3.63, 3.8) is 0 Å². The highest BCUT2D eigenvalue weighted by Crippen LogP contribution is 2.35. The number of nitrogens with one attached hydrogen (secondary N) is 3. The molecule has 0 saturated carbocycles. The Balaban J connectivity index is 0.000000165. The molecule has 0 radical (unpaired) electrons. The first kappa shape index (κ1) is 56.0. The molecule has 15 nitrogen and oxygen atoms in total. The number of carboxylic acids is 2. The summed E-state index contributed by atoms with van der Waals surface area (Å²) in [5.41, 5.74) is 6.94. The summed E-state index contributed by atoms with van der Waals surface area (Å²) in [6.45, 7) is 5.47. The lowest BCUT2D eigenvalue weighted by Crippen LogP contribution is -2.34. The van der Waals surface area contributed by atoms with Gasteiger partial charge in [0.25, 0.3) is 11.8 Å². The van der Waals surface area contributed by atoms with Gasteiger partial charge in [-0.3, -0.25) is 9.59 Å². The number of ether oxygens (including phenoxy) is 3. The van der Waals surface area contributed by atoms with Gasteiger partial charge < -0.3 is 40.4 Å². The largest absolute Gasteiger partial charge is 0.478 e. The van der Waals surface area contributed by atoms with Gasteiger partial charge in [-0.1, -0.05) is 53.0 Å². The Morgan fingerprint density at radius 1 is 0.562 bits per heavy atom. The number of thiophene rings is 3. The molecule has 3 aromatic heterocycles. The van der Waals surface area contributed by atoms with E-state index in [0.29, 0.717) is 35.9 Å². The first-order valence-corrected chi connectivity index (χ1v) is 26.3. The lowest BCUT2D eigenvalue weighted by Gasteiger charge is -2.22. The molecule has 3 aliphatic carbocycles. The van der Waals surface area contributed by atoms with Crippen LogP contribution >= 0.6 is 68.8 Å². The number of alkyl carbamates (subject to hydrolysis) is 1. The van der Waals surface area contributed by atoms with Gasteiger partial charge in [-0.25, -0.2) is 24.0 Å². The molecule has 0 saturated heterocycles. The maximum Gasteiger partial charge on any atom is 0.408 e. The van der Waals surface area contributed by atoms with Crippen LogP contribution in [-0.4, -0.2) is 71.8 Å². The van der Waals surface area contributed by atoms with Crippen LogP contribution in [0.4, 0.5) is 4.79 Å². The van der Waals surface area contributed by atoms with Crippen LogP contribution in [0.25, 0.3) is 0 Å². The van der Waals surface area contributed by atoms with Gasteiger partial charge in [0.05, 0.1) is 73.9 Å². The van der Waals surface area contributed by atoms with Crippen LogP contribution in [-0.2, 0) is 33.5 Å². The van der Waals surface area contributed by atoms with E-state index >= 15 is 0 Å². The Morgan fingerprint density at radius 3 is 1.30 bits per heavy atom. The second kappa shape index (κ2) is 25.1. The summed E-state index contributed by atoms with van der Waals surface area (Å²) in [5, 5.41) is 32.8. The third-order valence-corrected chi connectivity index (χ3v) is 15.3. The molecule has 21 heteroatoms. The third kappa shape index (κ3) is 15.1. The molecular formula is C52H50Cl3N3O12S3. The molecular weight excluding hydrogens is 1060 g/mol. The number of aryl methyl sites for hydroxylation is 3. The van der Waals surface area contributed by atoms with Gasteiger partial charge in [0.1, 0.15) is 10.5 Å². The molecule has 0 bridgehead atoms. The number of carboxylic acid groups (broad SMARTS) is 2. The van der Waals surface area contributed by atoms with E-state index in [4.69, 9.17) is 59.2 Å². The quantitative estimate of drug-likeness (QED) is 0.0674. The maximum atomic E-state index is 12.2. The fraction of sp³-hybridized carbons (Fsp3) is 0.288. The predicted molar refractivity (Wildman–Crippen MR) is 281 cm³/mol.